The third-order valence-corrected chi connectivity index (χ3v) is 3.01. The molecule has 0 unspecified atom stereocenters. The van der Waals surface area contributed by atoms with Gasteiger partial charge in [-0.05, 0) is 11.6 Å². The molecular formula is C14H12N2O2. The molecule has 0 aliphatic carbocycles. The SMILES string of the molecule is Nc1nc(-c2ccccc2)cc2c1C(=O)OCC2. The quantitative estimate of drug-likeness (QED) is 0.775. The van der Waals surface area contributed by atoms with Gasteiger partial charge in [0.15, 0.2) is 0 Å². The molecule has 0 saturated carbocycles. The van der Waals surface area contributed by atoms with E-state index < -0.39 is 0 Å². The predicted octanol–water partition coefficient (Wildman–Crippen LogP) is 2.04. The summed E-state index contributed by atoms with van der Waals surface area (Å²) in [7, 11) is 0. The largest absolute Gasteiger partial charge is 0.462 e. The van der Waals surface area contributed by atoms with E-state index in [2.05, 4.69) is 4.98 Å². The highest BCUT2D eigenvalue weighted by Gasteiger charge is 2.23. The maximum Gasteiger partial charge on any atom is 0.342 e. The van der Waals surface area contributed by atoms with Gasteiger partial charge in [0.1, 0.15) is 11.4 Å². The van der Waals surface area contributed by atoms with Crippen LogP contribution >= 0.6 is 0 Å². The number of carbonyl (C=O) groups excluding carboxylic acids is 1. The third-order valence-electron chi connectivity index (χ3n) is 3.01. The Labute approximate surface area is 104 Å². The molecule has 4 heteroatoms. The first kappa shape index (κ1) is 10.8. The van der Waals surface area contributed by atoms with E-state index in [-0.39, 0.29) is 11.8 Å². The van der Waals surface area contributed by atoms with Crippen molar-refractivity contribution in [1.29, 1.82) is 0 Å². The van der Waals surface area contributed by atoms with Crippen LogP contribution in [0.5, 0.6) is 0 Å². The van der Waals surface area contributed by atoms with E-state index in [1.165, 1.54) is 0 Å². The molecule has 2 heterocycles. The number of hydrogen-bond acceptors (Lipinski definition) is 4. The van der Waals surface area contributed by atoms with Crippen molar-refractivity contribution in [2.45, 2.75) is 6.42 Å². The van der Waals surface area contributed by atoms with Gasteiger partial charge in [-0.1, -0.05) is 30.3 Å². The van der Waals surface area contributed by atoms with Gasteiger partial charge in [-0.3, -0.25) is 0 Å². The van der Waals surface area contributed by atoms with Crippen LogP contribution in [0.1, 0.15) is 15.9 Å². The van der Waals surface area contributed by atoms with E-state index >= 15 is 0 Å². The Hall–Kier alpha value is -2.36. The average molecular weight is 240 g/mol. The van der Waals surface area contributed by atoms with Gasteiger partial charge in [-0.2, -0.15) is 0 Å². The number of benzene rings is 1. The normalized spacial score (nSPS) is 13.9. The maximum absolute atomic E-state index is 11.6. The minimum absolute atomic E-state index is 0.246. The number of cyclic esters (lactones) is 1. The first-order valence-corrected chi connectivity index (χ1v) is 5.77. The second-order valence-corrected chi connectivity index (χ2v) is 4.18. The summed E-state index contributed by atoms with van der Waals surface area (Å²) in [5.74, 6) is -0.128. The van der Waals surface area contributed by atoms with Crippen LogP contribution in [0.4, 0.5) is 5.82 Å². The topological polar surface area (TPSA) is 65.2 Å². The summed E-state index contributed by atoms with van der Waals surface area (Å²) in [6.07, 6.45) is 0.688. The highest BCUT2D eigenvalue weighted by atomic mass is 16.5. The van der Waals surface area contributed by atoms with E-state index in [1.54, 1.807) is 0 Å². The van der Waals surface area contributed by atoms with Gasteiger partial charge < -0.3 is 10.5 Å². The fourth-order valence-corrected chi connectivity index (χ4v) is 2.14. The smallest absolute Gasteiger partial charge is 0.342 e. The summed E-state index contributed by atoms with van der Waals surface area (Å²) >= 11 is 0. The lowest BCUT2D eigenvalue weighted by atomic mass is 10.0. The highest BCUT2D eigenvalue weighted by molar-refractivity contribution is 5.97. The molecule has 90 valence electrons. The van der Waals surface area contributed by atoms with Gasteiger partial charge in [-0.25, -0.2) is 9.78 Å². The predicted molar refractivity (Wildman–Crippen MR) is 68.1 cm³/mol. The van der Waals surface area contributed by atoms with Gasteiger partial charge in [-0.15, -0.1) is 0 Å². The fourth-order valence-electron chi connectivity index (χ4n) is 2.14. The molecule has 0 radical (unpaired) electrons. The van der Waals surface area contributed by atoms with Crippen LogP contribution in [-0.2, 0) is 11.2 Å². The first-order valence-electron chi connectivity index (χ1n) is 5.77. The lowest BCUT2D eigenvalue weighted by Crippen LogP contribution is -2.20. The molecule has 1 aliphatic heterocycles. The zero-order valence-corrected chi connectivity index (χ0v) is 9.72. The molecule has 2 aromatic rings. The van der Waals surface area contributed by atoms with Gasteiger partial charge in [0, 0.05) is 12.0 Å². The Morgan fingerprint density at radius 2 is 2.00 bits per heavy atom. The van der Waals surface area contributed by atoms with Crippen molar-refractivity contribution in [2.75, 3.05) is 12.3 Å². The Balaban J connectivity index is 2.15. The van der Waals surface area contributed by atoms with Crippen LogP contribution in [0.25, 0.3) is 11.3 Å². The zero-order valence-electron chi connectivity index (χ0n) is 9.72. The van der Waals surface area contributed by atoms with Crippen LogP contribution in [0.15, 0.2) is 36.4 Å². The summed E-state index contributed by atoms with van der Waals surface area (Å²) in [4.78, 5) is 15.9. The summed E-state index contributed by atoms with van der Waals surface area (Å²) in [6.45, 7) is 0.406. The van der Waals surface area contributed by atoms with Crippen LogP contribution in [0.3, 0.4) is 0 Å². The zero-order chi connectivity index (χ0) is 12.5. The Bertz CT molecular complexity index is 609. The van der Waals surface area contributed by atoms with Crippen molar-refractivity contribution in [3.8, 4) is 11.3 Å². The summed E-state index contributed by atoms with van der Waals surface area (Å²) in [5.41, 5.74) is 8.97. The standard InChI is InChI=1S/C14H12N2O2/c15-13-12-10(6-7-18-14(12)17)8-11(16-13)9-4-2-1-3-5-9/h1-5,8H,6-7H2,(H2,15,16). The number of nitrogen functional groups attached to an aromatic ring is 1. The number of anilines is 1. The lowest BCUT2D eigenvalue weighted by Gasteiger charge is -2.17. The second kappa shape index (κ2) is 4.14. The van der Waals surface area contributed by atoms with E-state index in [0.29, 0.717) is 18.6 Å². The van der Waals surface area contributed by atoms with Crippen LogP contribution in [-0.4, -0.2) is 17.6 Å². The van der Waals surface area contributed by atoms with Crippen molar-refractivity contribution in [1.82, 2.24) is 4.98 Å². The molecular weight excluding hydrogens is 228 g/mol. The van der Waals surface area contributed by atoms with Crippen molar-refractivity contribution in [3.63, 3.8) is 0 Å². The van der Waals surface area contributed by atoms with Gasteiger partial charge in [0.05, 0.1) is 12.3 Å². The number of aromatic nitrogens is 1. The van der Waals surface area contributed by atoms with Gasteiger partial charge >= 0.3 is 5.97 Å². The first-order chi connectivity index (χ1) is 8.75. The molecule has 1 aromatic heterocycles. The molecule has 0 spiro atoms. The van der Waals surface area contributed by atoms with Gasteiger partial charge in [0.25, 0.3) is 0 Å². The minimum Gasteiger partial charge on any atom is -0.462 e. The molecule has 3 rings (SSSR count). The number of hydrogen-bond donors (Lipinski definition) is 1. The summed E-state index contributed by atoms with van der Waals surface area (Å²) in [5, 5.41) is 0. The van der Waals surface area contributed by atoms with E-state index in [9.17, 15) is 4.79 Å². The monoisotopic (exact) mass is 240 g/mol. The highest BCUT2D eigenvalue weighted by Crippen LogP contribution is 2.27. The van der Waals surface area contributed by atoms with Crippen molar-refractivity contribution < 1.29 is 9.53 Å². The van der Waals surface area contributed by atoms with Crippen LogP contribution in [0, 0.1) is 0 Å². The summed E-state index contributed by atoms with van der Waals surface area (Å²) < 4.78 is 4.97. The number of ether oxygens (including phenoxy) is 1. The Kier molecular flexibility index (Phi) is 2.48. The molecule has 1 aromatic carbocycles. The molecule has 18 heavy (non-hydrogen) atoms. The van der Waals surface area contributed by atoms with E-state index in [1.807, 2.05) is 36.4 Å². The Morgan fingerprint density at radius 3 is 2.78 bits per heavy atom. The third kappa shape index (κ3) is 1.72. The minimum atomic E-state index is -0.374. The van der Waals surface area contributed by atoms with Gasteiger partial charge in [0.2, 0.25) is 0 Å². The molecule has 0 atom stereocenters. The van der Waals surface area contributed by atoms with Crippen LogP contribution < -0.4 is 5.73 Å². The number of nitrogens with zero attached hydrogens (tertiary/aromatic N) is 1. The van der Waals surface area contributed by atoms with E-state index in [0.717, 1.165) is 16.8 Å². The molecule has 4 nitrogen and oxygen atoms in total. The lowest BCUT2D eigenvalue weighted by molar-refractivity contribution is 0.0481. The number of fused-ring (bicyclic) bond motifs is 1. The molecule has 0 bridgehead atoms. The van der Waals surface area contributed by atoms with Crippen molar-refractivity contribution in [3.05, 3.63) is 47.5 Å². The number of carbonyl (C=O) groups is 1. The number of pyridine rings is 1. The molecule has 1 aliphatic rings. The van der Waals surface area contributed by atoms with E-state index in [4.69, 9.17) is 10.5 Å². The molecule has 0 amide bonds. The maximum atomic E-state index is 11.6. The number of esters is 1. The second-order valence-electron chi connectivity index (χ2n) is 4.18. The molecule has 2 N–H and O–H groups in total. The molecule has 0 saturated heterocycles. The number of nitrogens with two attached hydrogens (primary N) is 1. The van der Waals surface area contributed by atoms with Crippen LogP contribution in [0.2, 0.25) is 0 Å². The van der Waals surface area contributed by atoms with Crippen molar-refractivity contribution >= 4 is 11.8 Å². The Morgan fingerprint density at radius 1 is 1.22 bits per heavy atom. The fraction of sp³-hybridized carbons (Fsp3) is 0.143. The average Bonchev–Trinajstić information content (AvgIpc) is 2.39. The molecule has 0 fully saturated rings. The number of rotatable bonds is 1. The van der Waals surface area contributed by atoms with Crippen molar-refractivity contribution in [2.24, 2.45) is 0 Å². The summed E-state index contributed by atoms with van der Waals surface area (Å²) in [6, 6.07) is 11.7.